The number of carbonyl (C=O) groups is 1. The predicted molar refractivity (Wildman–Crippen MR) is 57.3 cm³/mol. The van der Waals surface area contributed by atoms with Crippen LogP contribution >= 0.6 is 0 Å². The highest BCUT2D eigenvalue weighted by Crippen LogP contribution is 2.26. The summed E-state index contributed by atoms with van der Waals surface area (Å²) in [5, 5.41) is 28.3. The maximum Gasteiger partial charge on any atom is 0.220 e. The Hall–Kier alpha value is -1.79. The van der Waals surface area contributed by atoms with Crippen molar-refractivity contribution >= 4 is 11.6 Å². The minimum atomic E-state index is -1.29. The Morgan fingerprint density at radius 1 is 1.38 bits per heavy atom. The Bertz CT molecular complexity index is 394. The van der Waals surface area contributed by atoms with Gasteiger partial charge in [0.25, 0.3) is 0 Å². The molecular weight excluding hydrogens is 212 g/mol. The van der Waals surface area contributed by atoms with E-state index in [1.54, 1.807) is 0 Å². The van der Waals surface area contributed by atoms with Gasteiger partial charge in [-0.2, -0.15) is 0 Å². The van der Waals surface area contributed by atoms with E-state index in [1.807, 2.05) is 0 Å². The van der Waals surface area contributed by atoms with Crippen LogP contribution in [0.1, 0.15) is 18.1 Å². The van der Waals surface area contributed by atoms with Crippen molar-refractivity contribution in [3.63, 3.8) is 0 Å². The maximum absolute atomic E-state index is 10.6. The number of aromatic hydroxyl groups is 1. The molecule has 6 nitrogen and oxygen atoms in total. The van der Waals surface area contributed by atoms with Gasteiger partial charge in [0.1, 0.15) is 11.9 Å². The van der Waals surface area contributed by atoms with Crippen molar-refractivity contribution in [2.75, 3.05) is 5.73 Å². The summed E-state index contributed by atoms with van der Waals surface area (Å²) in [4.78, 5) is 10.6. The monoisotopic (exact) mass is 226 g/mol. The van der Waals surface area contributed by atoms with E-state index in [2.05, 4.69) is 0 Å². The summed E-state index contributed by atoms with van der Waals surface area (Å²) in [5.41, 5.74) is 10.7. The van der Waals surface area contributed by atoms with Gasteiger partial charge in [0.05, 0.1) is 18.2 Å². The molecule has 7 N–H and O–H groups in total. The third-order valence-electron chi connectivity index (χ3n) is 2.17. The summed E-state index contributed by atoms with van der Waals surface area (Å²) in [6.07, 6.45) is -2.90. The van der Waals surface area contributed by atoms with Gasteiger partial charge in [-0.1, -0.05) is 6.07 Å². The molecule has 0 spiro atoms. The number of nitrogen functional groups attached to an aromatic ring is 1. The number of aliphatic hydroxyl groups excluding tert-OH is 2. The molecule has 0 saturated heterocycles. The molecule has 0 aromatic heterocycles. The Kier molecular flexibility index (Phi) is 3.70. The molecule has 0 aliphatic carbocycles. The number of rotatable bonds is 4. The first-order valence-corrected chi connectivity index (χ1v) is 4.64. The number of carbonyl (C=O) groups excluding carboxylic acids is 1. The van der Waals surface area contributed by atoms with Crippen molar-refractivity contribution in [2.45, 2.75) is 18.6 Å². The molecule has 0 heterocycles. The van der Waals surface area contributed by atoms with Crippen molar-refractivity contribution < 1.29 is 20.1 Å². The zero-order valence-corrected chi connectivity index (χ0v) is 8.50. The van der Waals surface area contributed by atoms with E-state index in [1.165, 1.54) is 18.2 Å². The molecule has 2 atom stereocenters. The zero-order valence-electron chi connectivity index (χ0n) is 8.50. The fourth-order valence-electron chi connectivity index (χ4n) is 1.30. The molecule has 1 amide bonds. The first kappa shape index (κ1) is 12.3. The lowest BCUT2D eigenvalue weighted by Crippen LogP contribution is -2.25. The molecule has 1 aromatic rings. The summed E-state index contributed by atoms with van der Waals surface area (Å²) in [6, 6.07) is 4.02. The van der Waals surface area contributed by atoms with Gasteiger partial charge >= 0.3 is 0 Å². The largest absolute Gasteiger partial charge is 0.506 e. The van der Waals surface area contributed by atoms with Crippen molar-refractivity contribution in [1.82, 2.24) is 0 Å². The molecule has 1 rings (SSSR count). The molecule has 6 heteroatoms. The lowest BCUT2D eigenvalue weighted by Gasteiger charge is -2.17. The van der Waals surface area contributed by atoms with Crippen molar-refractivity contribution in [3.8, 4) is 5.75 Å². The zero-order chi connectivity index (χ0) is 12.3. The number of benzene rings is 1. The number of phenolic OH excluding ortho intramolecular Hbond substituents is 1. The van der Waals surface area contributed by atoms with Gasteiger partial charge in [0.15, 0.2) is 0 Å². The van der Waals surface area contributed by atoms with Crippen LogP contribution in [-0.2, 0) is 4.79 Å². The van der Waals surface area contributed by atoms with Crippen LogP contribution in [-0.4, -0.2) is 27.3 Å². The molecule has 0 fully saturated rings. The Morgan fingerprint density at radius 3 is 2.50 bits per heavy atom. The van der Waals surface area contributed by atoms with Crippen molar-refractivity contribution in [3.05, 3.63) is 23.8 Å². The van der Waals surface area contributed by atoms with Gasteiger partial charge in [-0.15, -0.1) is 0 Å². The first-order valence-electron chi connectivity index (χ1n) is 4.64. The quantitative estimate of drug-likeness (QED) is 0.340. The van der Waals surface area contributed by atoms with Crippen LogP contribution in [0, 0.1) is 0 Å². The number of hydrogen-bond acceptors (Lipinski definition) is 5. The van der Waals surface area contributed by atoms with E-state index in [-0.39, 0.29) is 17.9 Å². The minimum absolute atomic E-state index is 0.0859. The number of hydrogen-bond donors (Lipinski definition) is 5. The van der Waals surface area contributed by atoms with Crippen molar-refractivity contribution in [2.24, 2.45) is 5.73 Å². The number of primary amides is 1. The molecule has 88 valence electrons. The number of amides is 1. The smallest absolute Gasteiger partial charge is 0.220 e. The molecule has 0 bridgehead atoms. The SMILES string of the molecule is NC(=O)CC(O)C(O)c1ccc(O)c(N)c1. The highest BCUT2D eigenvalue weighted by Gasteiger charge is 2.20. The molecule has 0 saturated carbocycles. The van der Waals surface area contributed by atoms with E-state index >= 15 is 0 Å². The van der Waals surface area contributed by atoms with Gasteiger partial charge < -0.3 is 26.8 Å². The van der Waals surface area contributed by atoms with Gasteiger partial charge in [-0.25, -0.2) is 0 Å². The molecule has 2 unspecified atom stereocenters. The topological polar surface area (TPSA) is 130 Å². The van der Waals surface area contributed by atoms with Crippen LogP contribution in [0.2, 0.25) is 0 Å². The number of aliphatic hydroxyl groups is 2. The third-order valence-corrected chi connectivity index (χ3v) is 2.17. The van der Waals surface area contributed by atoms with Crippen LogP contribution in [0.3, 0.4) is 0 Å². The summed E-state index contributed by atoms with van der Waals surface area (Å²) < 4.78 is 0. The van der Waals surface area contributed by atoms with E-state index in [0.717, 1.165) is 0 Å². The van der Waals surface area contributed by atoms with Gasteiger partial charge in [0, 0.05) is 0 Å². The minimum Gasteiger partial charge on any atom is -0.506 e. The molecule has 0 aliphatic heterocycles. The van der Waals surface area contributed by atoms with E-state index < -0.39 is 18.1 Å². The molecule has 1 aromatic carbocycles. The Balaban J connectivity index is 2.83. The summed E-state index contributed by atoms with van der Waals surface area (Å²) in [6.45, 7) is 0. The normalized spacial score (nSPS) is 14.4. The van der Waals surface area contributed by atoms with Gasteiger partial charge in [0.2, 0.25) is 5.91 Å². The lowest BCUT2D eigenvalue weighted by atomic mass is 10.0. The predicted octanol–water partition coefficient (Wildman–Crippen LogP) is -0.756. The second-order valence-corrected chi connectivity index (χ2v) is 3.50. The lowest BCUT2D eigenvalue weighted by molar-refractivity contribution is -0.121. The van der Waals surface area contributed by atoms with Gasteiger partial charge in [-0.3, -0.25) is 4.79 Å². The molecular formula is C10H14N2O4. The van der Waals surface area contributed by atoms with E-state index in [4.69, 9.17) is 16.6 Å². The second kappa shape index (κ2) is 4.82. The number of nitrogens with two attached hydrogens (primary N) is 2. The fourth-order valence-corrected chi connectivity index (χ4v) is 1.30. The van der Waals surface area contributed by atoms with Crippen LogP contribution in [0.4, 0.5) is 5.69 Å². The van der Waals surface area contributed by atoms with E-state index in [9.17, 15) is 15.0 Å². The van der Waals surface area contributed by atoms with Gasteiger partial charge in [-0.05, 0) is 17.7 Å². The molecule has 16 heavy (non-hydrogen) atoms. The fraction of sp³-hybridized carbons (Fsp3) is 0.300. The van der Waals surface area contributed by atoms with Crippen LogP contribution in [0.25, 0.3) is 0 Å². The summed E-state index contributed by atoms with van der Waals surface area (Å²) >= 11 is 0. The first-order chi connectivity index (χ1) is 7.41. The molecule has 0 radical (unpaired) electrons. The van der Waals surface area contributed by atoms with Crippen LogP contribution in [0.15, 0.2) is 18.2 Å². The Labute approximate surface area is 92.1 Å². The standard InChI is InChI=1S/C10H14N2O4/c11-6-3-5(1-2-7(6)13)10(16)8(14)4-9(12)15/h1-3,8,10,13-14,16H,4,11H2,(H2,12,15). The molecule has 0 aliphatic rings. The average Bonchev–Trinajstić information content (AvgIpc) is 2.20. The van der Waals surface area contributed by atoms with E-state index in [0.29, 0.717) is 5.56 Å². The average molecular weight is 226 g/mol. The second-order valence-electron chi connectivity index (χ2n) is 3.50. The van der Waals surface area contributed by atoms with Crippen LogP contribution < -0.4 is 11.5 Å². The third kappa shape index (κ3) is 2.85. The maximum atomic E-state index is 10.6. The van der Waals surface area contributed by atoms with Crippen LogP contribution in [0.5, 0.6) is 5.75 Å². The highest BCUT2D eigenvalue weighted by molar-refractivity contribution is 5.74. The Morgan fingerprint density at radius 2 is 2.00 bits per heavy atom. The summed E-state index contributed by atoms with van der Waals surface area (Å²) in [7, 11) is 0. The highest BCUT2D eigenvalue weighted by atomic mass is 16.3. The number of phenols is 1. The van der Waals surface area contributed by atoms with Crippen molar-refractivity contribution in [1.29, 1.82) is 0 Å². The summed E-state index contributed by atoms with van der Waals surface area (Å²) in [5.74, 6) is -0.821. The number of anilines is 1.